The van der Waals surface area contributed by atoms with Gasteiger partial charge in [0.25, 0.3) is 0 Å². The summed E-state index contributed by atoms with van der Waals surface area (Å²) in [5.74, 6) is -0.347. The van der Waals surface area contributed by atoms with Gasteiger partial charge in [0.15, 0.2) is 6.54 Å². The van der Waals surface area contributed by atoms with Gasteiger partial charge in [0, 0.05) is 13.0 Å². The van der Waals surface area contributed by atoms with E-state index in [1.165, 1.54) is 6.08 Å². The maximum atomic E-state index is 11.7. The Bertz CT molecular complexity index is 368. The number of carbonyl (C=O) groups is 2. The number of nitrogens with one attached hydrogen (secondary N) is 1. The summed E-state index contributed by atoms with van der Waals surface area (Å²) in [6, 6.07) is 0. The van der Waals surface area contributed by atoms with Gasteiger partial charge in [-0.1, -0.05) is 25.7 Å². The van der Waals surface area contributed by atoms with Gasteiger partial charge in [-0.3, -0.25) is 4.79 Å². The van der Waals surface area contributed by atoms with Crippen LogP contribution in [0, 0.1) is 0 Å². The first-order chi connectivity index (χ1) is 9.91. The highest BCUT2D eigenvalue weighted by Crippen LogP contribution is 2.00. The van der Waals surface area contributed by atoms with Crippen molar-refractivity contribution in [3.63, 3.8) is 0 Å². The van der Waals surface area contributed by atoms with Crippen LogP contribution in [0.5, 0.6) is 0 Å². The van der Waals surface area contributed by atoms with Crippen LogP contribution in [0.25, 0.3) is 0 Å². The van der Waals surface area contributed by atoms with Crippen molar-refractivity contribution in [3.05, 3.63) is 24.8 Å². The van der Waals surface area contributed by atoms with Gasteiger partial charge in [-0.25, -0.2) is 4.79 Å². The van der Waals surface area contributed by atoms with Crippen molar-refractivity contribution in [2.45, 2.75) is 26.2 Å². The predicted molar refractivity (Wildman–Crippen MR) is 84.7 cm³/mol. The lowest BCUT2D eigenvalue weighted by Crippen LogP contribution is -3.00. The van der Waals surface area contributed by atoms with Crippen molar-refractivity contribution in [1.82, 2.24) is 5.32 Å². The number of hydrogen-bond acceptors (Lipinski definition) is 3. The first-order valence-electron chi connectivity index (χ1n) is 7.44. The molecule has 0 saturated heterocycles. The summed E-state index contributed by atoms with van der Waals surface area (Å²) in [5, 5.41) is 2.72. The Morgan fingerprint density at radius 2 is 1.95 bits per heavy atom. The van der Waals surface area contributed by atoms with Crippen LogP contribution < -0.4 is 17.7 Å². The molecular weight excluding hydrogens is 304 g/mol. The largest absolute Gasteiger partial charge is 1.00 e. The van der Waals surface area contributed by atoms with Crippen LogP contribution in [0.1, 0.15) is 26.2 Å². The van der Waals surface area contributed by atoms with E-state index in [0.717, 1.165) is 25.8 Å². The molecule has 0 aromatic heterocycles. The zero-order valence-corrected chi connectivity index (χ0v) is 14.7. The molecule has 0 radical (unpaired) electrons. The average Bonchev–Trinajstić information content (AvgIpc) is 2.42. The molecule has 0 saturated carbocycles. The molecule has 0 unspecified atom stereocenters. The highest BCUT2D eigenvalue weighted by atomic mass is 35.5. The minimum atomic E-state index is -0.181. The lowest BCUT2D eigenvalue weighted by atomic mass is 10.3. The molecule has 0 aromatic carbocycles. The lowest BCUT2D eigenvalue weighted by molar-refractivity contribution is -0.883. The predicted octanol–water partition coefficient (Wildman–Crippen LogP) is -1.34. The molecule has 0 rings (SSSR count). The van der Waals surface area contributed by atoms with Crippen LogP contribution in [0.15, 0.2) is 24.8 Å². The van der Waals surface area contributed by atoms with E-state index in [1.807, 2.05) is 20.2 Å². The third kappa shape index (κ3) is 13.6. The third-order valence-electron chi connectivity index (χ3n) is 2.93. The summed E-state index contributed by atoms with van der Waals surface area (Å²) in [6.45, 7) is 7.62. The van der Waals surface area contributed by atoms with Crippen molar-refractivity contribution in [2.75, 3.05) is 40.3 Å². The Balaban J connectivity index is 0. The summed E-state index contributed by atoms with van der Waals surface area (Å²) in [6.07, 6.45) is 7.91. The van der Waals surface area contributed by atoms with E-state index in [4.69, 9.17) is 4.74 Å². The number of rotatable bonds is 11. The second-order valence-electron chi connectivity index (χ2n) is 5.55. The van der Waals surface area contributed by atoms with Gasteiger partial charge in [-0.15, -0.1) is 0 Å². The van der Waals surface area contributed by atoms with E-state index in [1.54, 1.807) is 0 Å². The van der Waals surface area contributed by atoms with Gasteiger partial charge in [0.2, 0.25) is 5.91 Å². The molecule has 22 heavy (non-hydrogen) atoms. The van der Waals surface area contributed by atoms with Gasteiger partial charge in [-0.05, 0) is 18.9 Å². The SMILES string of the molecule is C=CC(=O)NCCC[N+](C)(C)CC(=O)OCCC=CCC.[Cl-]. The van der Waals surface area contributed by atoms with Gasteiger partial charge in [-0.2, -0.15) is 0 Å². The maximum Gasteiger partial charge on any atom is 0.361 e. The molecule has 128 valence electrons. The first-order valence-corrected chi connectivity index (χ1v) is 7.44. The number of esters is 1. The van der Waals surface area contributed by atoms with E-state index in [-0.39, 0.29) is 24.3 Å². The molecule has 0 aliphatic heterocycles. The minimum absolute atomic E-state index is 0. The zero-order valence-electron chi connectivity index (χ0n) is 13.9. The summed E-state index contributed by atoms with van der Waals surface area (Å²) < 4.78 is 5.75. The van der Waals surface area contributed by atoms with Crippen molar-refractivity contribution < 1.29 is 31.2 Å². The summed E-state index contributed by atoms with van der Waals surface area (Å²) in [7, 11) is 3.96. The Hall–Kier alpha value is -1.33. The average molecular weight is 333 g/mol. The monoisotopic (exact) mass is 332 g/mol. The molecule has 1 amide bonds. The molecule has 0 aliphatic rings. The van der Waals surface area contributed by atoms with Crippen LogP contribution in [-0.2, 0) is 14.3 Å². The summed E-state index contributed by atoms with van der Waals surface area (Å²) in [4.78, 5) is 22.7. The fourth-order valence-electron chi connectivity index (χ4n) is 1.79. The Labute approximate surface area is 140 Å². The first kappa shape index (κ1) is 22.9. The standard InChI is InChI=1S/C16H28N2O3.ClH/c1-5-7-8-9-13-21-16(20)14-18(3,4)12-10-11-17-15(19)6-2;/h6-8H,2,5,9-14H2,1,3-4H3;1H. The molecule has 6 heteroatoms. The Morgan fingerprint density at radius 3 is 2.55 bits per heavy atom. The van der Waals surface area contributed by atoms with Crippen molar-refractivity contribution in [2.24, 2.45) is 0 Å². The molecule has 0 aromatic rings. The maximum absolute atomic E-state index is 11.7. The van der Waals surface area contributed by atoms with Crippen LogP contribution in [0.3, 0.4) is 0 Å². The van der Waals surface area contributed by atoms with Crippen molar-refractivity contribution in [1.29, 1.82) is 0 Å². The number of carbonyl (C=O) groups excluding carboxylic acids is 2. The number of halogens is 1. The number of amides is 1. The quantitative estimate of drug-likeness (QED) is 0.167. The molecule has 0 fully saturated rings. The second-order valence-corrected chi connectivity index (χ2v) is 5.55. The van der Waals surface area contributed by atoms with Gasteiger partial charge < -0.3 is 26.9 Å². The van der Waals surface area contributed by atoms with E-state index in [0.29, 0.717) is 24.2 Å². The molecule has 0 atom stereocenters. The molecule has 0 bridgehead atoms. The molecule has 1 N–H and O–H groups in total. The number of nitrogens with zero attached hydrogens (tertiary/aromatic N) is 1. The molecular formula is C16H29ClN2O3. The highest BCUT2D eigenvalue weighted by Gasteiger charge is 2.20. The minimum Gasteiger partial charge on any atom is -1.00 e. The van der Waals surface area contributed by atoms with Gasteiger partial charge in [0.1, 0.15) is 0 Å². The lowest BCUT2D eigenvalue weighted by Gasteiger charge is -2.28. The smallest absolute Gasteiger partial charge is 0.361 e. The molecule has 0 spiro atoms. The van der Waals surface area contributed by atoms with E-state index >= 15 is 0 Å². The fourth-order valence-corrected chi connectivity index (χ4v) is 1.79. The molecule has 0 aliphatic carbocycles. The number of likely N-dealkylation sites (N-methyl/N-ethyl adjacent to an activating group) is 1. The van der Waals surface area contributed by atoms with E-state index < -0.39 is 0 Å². The van der Waals surface area contributed by atoms with E-state index in [2.05, 4.69) is 24.9 Å². The van der Waals surface area contributed by atoms with Crippen molar-refractivity contribution >= 4 is 11.9 Å². The summed E-state index contributed by atoms with van der Waals surface area (Å²) >= 11 is 0. The molecule has 5 nitrogen and oxygen atoms in total. The van der Waals surface area contributed by atoms with Crippen molar-refractivity contribution in [3.8, 4) is 0 Å². The van der Waals surface area contributed by atoms with Crippen LogP contribution in [-0.4, -0.2) is 56.7 Å². The van der Waals surface area contributed by atoms with Crippen LogP contribution in [0.2, 0.25) is 0 Å². The number of quaternary nitrogens is 1. The Kier molecular flexibility index (Phi) is 13.9. The zero-order chi connectivity index (χ0) is 16.1. The highest BCUT2D eigenvalue weighted by molar-refractivity contribution is 5.86. The fraction of sp³-hybridized carbons (Fsp3) is 0.625. The Morgan fingerprint density at radius 1 is 1.27 bits per heavy atom. The summed E-state index contributed by atoms with van der Waals surface area (Å²) in [5.41, 5.74) is 0. The molecule has 0 heterocycles. The number of hydrogen-bond donors (Lipinski definition) is 1. The van der Waals surface area contributed by atoms with E-state index in [9.17, 15) is 9.59 Å². The number of ether oxygens (including phenoxy) is 1. The van der Waals surface area contributed by atoms with Crippen LogP contribution >= 0.6 is 0 Å². The second kappa shape index (κ2) is 13.3. The van der Waals surface area contributed by atoms with Crippen LogP contribution in [0.4, 0.5) is 0 Å². The normalized spacial score (nSPS) is 10.9. The van der Waals surface area contributed by atoms with Gasteiger partial charge in [0.05, 0.1) is 27.2 Å². The number of allylic oxidation sites excluding steroid dienone is 1. The topological polar surface area (TPSA) is 55.4 Å². The third-order valence-corrected chi connectivity index (χ3v) is 2.93. The van der Waals surface area contributed by atoms with Gasteiger partial charge >= 0.3 is 5.97 Å².